The van der Waals surface area contributed by atoms with Crippen LogP contribution in [0.3, 0.4) is 0 Å². The van der Waals surface area contributed by atoms with Crippen molar-refractivity contribution >= 4 is 5.91 Å². The predicted octanol–water partition coefficient (Wildman–Crippen LogP) is -0.364. The Morgan fingerprint density at radius 2 is 2.22 bits per heavy atom. The first-order chi connectivity index (χ1) is 8.66. The molecular weight excluding hydrogens is 235 g/mol. The predicted molar refractivity (Wildman–Crippen MR) is 65.8 cm³/mol. The SMILES string of the molecule is NC1CC(C(=O)NCCc2ccccc2F)NN1. The van der Waals surface area contributed by atoms with Crippen LogP contribution in [0.4, 0.5) is 4.39 Å². The Morgan fingerprint density at radius 1 is 1.44 bits per heavy atom. The Hall–Kier alpha value is -1.50. The minimum absolute atomic E-state index is 0.119. The van der Waals surface area contributed by atoms with E-state index < -0.39 is 0 Å². The molecule has 2 rings (SSSR count). The van der Waals surface area contributed by atoms with Gasteiger partial charge in [-0.25, -0.2) is 15.2 Å². The zero-order chi connectivity index (χ0) is 13.0. The molecule has 5 nitrogen and oxygen atoms in total. The molecule has 6 heteroatoms. The highest BCUT2D eigenvalue weighted by atomic mass is 19.1. The number of carbonyl (C=O) groups excluding carboxylic acids is 1. The summed E-state index contributed by atoms with van der Waals surface area (Å²) in [5.74, 6) is -0.360. The molecule has 5 N–H and O–H groups in total. The van der Waals surface area contributed by atoms with Crippen molar-refractivity contribution in [1.82, 2.24) is 16.2 Å². The van der Waals surface area contributed by atoms with Gasteiger partial charge >= 0.3 is 0 Å². The van der Waals surface area contributed by atoms with Crippen LogP contribution in [0.25, 0.3) is 0 Å². The van der Waals surface area contributed by atoms with Crippen LogP contribution >= 0.6 is 0 Å². The van der Waals surface area contributed by atoms with Crippen LogP contribution in [0, 0.1) is 5.82 Å². The van der Waals surface area contributed by atoms with Crippen molar-refractivity contribution in [3.63, 3.8) is 0 Å². The van der Waals surface area contributed by atoms with Crippen molar-refractivity contribution in [3.8, 4) is 0 Å². The summed E-state index contributed by atoms with van der Waals surface area (Å²) in [5.41, 5.74) is 11.8. The largest absolute Gasteiger partial charge is 0.354 e. The van der Waals surface area contributed by atoms with E-state index in [2.05, 4.69) is 16.2 Å². The summed E-state index contributed by atoms with van der Waals surface area (Å²) in [4.78, 5) is 11.7. The summed E-state index contributed by atoms with van der Waals surface area (Å²) >= 11 is 0. The van der Waals surface area contributed by atoms with Gasteiger partial charge in [0.2, 0.25) is 5.91 Å². The molecule has 1 aromatic carbocycles. The fraction of sp³-hybridized carbons (Fsp3) is 0.417. The molecule has 18 heavy (non-hydrogen) atoms. The van der Waals surface area contributed by atoms with Gasteiger partial charge in [0, 0.05) is 13.0 Å². The van der Waals surface area contributed by atoms with Crippen LogP contribution in [0.5, 0.6) is 0 Å². The number of nitrogens with one attached hydrogen (secondary N) is 3. The fourth-order valence-electron chi connectivity index (χ4n) is 1.90. The summed E-state index contributed by atoms with van der Waals surface area (Å²) in [6.07, 6.45) is 0.822. The van der Waals surface area contributed by atoms with E-state index in [-0.39, 0.29) is 23.9 Å². The number of hydrogen-bond donors (Lipinski definition) is 4. The number of carbonyl (C=O) groups is 1. The van der Waals surface area contributed by atoms with Gasteiger partial charge in [0.15, 0.2) is 0 Å². The number of rotatable bonds is 4. The van der Waals surface area contributed by atoms with E-state index in [9.17, 15) is 9.18 Å². The van der Waals surface area contributed by atoms with Crippen molar-refractivity contribution in [1.29, 1.82) is 0 Å². The van der Waals surface area contributed by atoms with Crippen LogP contribution in [0.2, 0.25) is 0 Å². The average molecular weight is 252 g/mol. The second-order valence-corrected chi connectivity index (χ2v) is 4.32. The summed E-state index contributed by atoms with van der Waals surface area (Å²) < 4.78 is 13.3. The lowest BCUT2D eigenvalue weighted by Gasteiger charge is -2.10. The van der Waals surface area contributed by atoms with Crippen molar-refractivity contribution in [2.45, 2.75) is 25.0 Å². The smallest absolute Gasteiger partial charge is 0.238 e. The van der Waals surface area contributed by atoms with Gasteiger partial charge in [0.25, 0.3) is 0 Å². The third-order valence-corrected chi connectivity index (χ3v) is 2.90. The van der Waals surface area contributed by atoms with E-state index in [1.807, 2.05) is 0 Å². The molecule has 1 aliphatic rings. The molecule has 2 atom stereocenters. The number of hydrazine groups is 1. The Morgan fingerprint density at radius 3 is 2.89 bits per heavy atom. The molecule has 1 heterocycles. The number of benzene rings is 1. The molecule has 0 aromatic heterocycles. The highest BCUT2D eigenvalue weighted by Gasteiger charge is 2.26. The average Bonchev–Trinajstić information content (AvgIpc) is 2.78. The van der Waals surface area contributed by atoms with E-state index >= 15 is 0 Å². The zero-order valence-corrected chi connectivity index (χ0v) is 9.95. The number of hydrogen-bond acceptors (Lipinski definition) is 4. The van der Waals surface area contributed by atoms with Crippen LogP contribution < -0.4 is 21.9 Å². The highest BCUT2D eigenvalue weighted by molar-refractivity contribution is 5.82. The second-order valence-electron chi connectivity index (χ2n) is 4.32. The quantitative estimate of drug-likeness (QED) is 0.590. The van der Waals surface area contributed by atoms with Gasteiger partial charge < -0.3 is 11.1 Å². The molecule has 0 bridgehead atoms. The third kappa shape index (κ3) is 3.25. The fourth-order valence-corrected chi connectivity index (χ4v) is 1.90. The summed E-state index contributed by atoms with van der Waals surface area (Å²) in [6.45, 7) is 0.410. The minimum Gasteiger partial charge on any atom is -0.354 e. The first kappa shape index (κ1) is 12.9. The monoisotopic (exact) mass is 252 g/mol. The van der Waals surface area contributed by atoms with Crippen molar-refractivity contribution in [2.75, 3.05) is 6.54 Å². The van der Waals surface area contributed by atoms with Gasteiger partial charge in [-0.2, -0.15) is 0 Å². The van der Waals surface area contributed by atoms with Crippen molar-refractivity contribution < 1.29 is 9.18 Å². The lowest BCUT2D eigenvalue weighted by atomic mass is 10.1. The minimum atomic E-state index is -0.319. The maximum Gasteiger partial charge on any atom is 0.238 e. The summed E-state index contributed by atoms with van der Waals surface area (Å²) in [6, 6.07) is 6.24. The van der Waals surface area contributed by atoms with Crippen LogP contribution in [0.1, 0.15) is 12.0 Å². The number of amides is 1. The molecule has 1 amide bonds. The lowest BCUT2D eigenvalue weighted by Crippen LogP contribution is -2.44. The van der Waals surface area contributed by atoms with E-state index in [1.54, 1.807) is 18.2 Å². The Bertz CT molecular complexity index is 426. The van der Waals surface area contributed by atoms with E-state index in [0.717, 1.165) is 0 Å². The third-order valence-electron chi connectivity index (χ3n) is 2.90. The van der Waals surface area contributed by atoms with Gasteiger partial charge in [-0.1, -0.05) is 18.2 Å². The van der Waals surface area contributed by atoms with Crippen LogP contribution in [0.15, 0.2) is 24.3 Å². The first-order valence-corrected chi connectivity index (χ1v) is 5.94. The second kappa shape index (κ2) is 5.90. The van der Waals surface area contributed by atoms with Crippen LogP contribution in [-0.4, -0.2) is 24.7 Å². The zero-order valence-electron chi connectivity index (χ0n) is 9.95. The van der Waals surface area contributed by atoms with Crippen LogP contribution in [-0.2, 0) is 11.2 Å². The molecule has 0 saturated carbocycles. The Labute approximate surface area is 105 Å². The highest BCUT2D eigenvalue weighted by Crippen LogP contribution is 2.06. The molecule has 98 valence electrons. The van der Waals surface area contributed by atoms with Crippen molar-refractivity contribution in [3.05, 3.63) is 35.6 Å². The Balaban J connectivity index is 1.75. The van der Waals surface area contributed by atoms with Gasteiger partial charge in [0.1, 0.15) is 11.9 Å². The van der Waals surface area contributed by atoms with Crippen molar-refractivity contribution in [2.24, 2.45) is 5.73 Å². The van der Waals surface area contributed by atoms with E-state index in [0.29, 0.717) is 24.9 Å². The molecule has 0 spiro atoms. The Kier molecular flexibility index (Phi) is 4.24. The molecule has 1 saturated heterocycles. The maximum atomic E-state index is 13.3. The molecule has 2 unspecified atom stereocenters. The maximum absolute atomic E-state index is 13.3. The van der Waals surface area contributed by atoms with Gasteiger partial charge in [-0.15, -0.1) is 0 Å². The number of halogens is 1. The van der Waals surface area contributed by atoms with Gasteiger partial charge in [-0.05, 0) is 18.1 Å². The first-order valence-electron chi connectivity index (χ1n) is 5.94. The number of nitrogens with two attached hydrogens (primary N) is 1. The molecule has 1 aromatic rings. The molecule has 0 radical (unpaired) electrons. The molecule has 1 fully saturated rings. The van der Waals surface area contributed by atoms with E-state index in [1.165, 1.54) is 6.07 Å². The van der Waals surface area contributed by atoms with Gasteiger partial charge in [0.05, 0.1) is 6.17 Å². The summed E-state index contributed by atoms with van der Waals surface area (Å²) in [7, 11) is 0. The normalized spacial score (nSPS) is 23.0. The van der Waals surface area contributed by atoms with E-state index in [4.69, 9.17) is 5.73 Å². The van der Waals surface area contributed by atoms with Gasteiger partial charge in [-0.3, -0.25) is 4.79 Å². The summed E-state index contributed by atoms with van der Waals surface area (Å²) in [5, 5.41) is 2.76. The topological polar surface area (TPSA) is 79.2 Å². The molecule has 1 aliphatic heterocycles. The molecular formula is C12H17FN4O. The molecule has 0 aliphatic carbocycles. The standard InChI is InChI=1S/C12H17FN4O/c13-9-4-2-1-3-8(9)5-6-15-12(18)10-7-11(14)17-16-10/h1-4,10-11,16-17H,5-7,14H2,(H,15,18). The lowest BCUT2D eigenvalue weighted by molar-refractivity contribution is -0.122.